The molecule has 0 saturated heterocycles. The highest BCUT2D eigenvalue weighted by Crippen LogP contribution is 2.15. The largest absolute Gasteiger partial charge is 0.338 e. The number of amides is 2. The molecule has 0 aliphatic carbocycles. The van der Waals surface area contributed by atoms with Gasteiger partial charge >= 0.3 is 6.03 Å². The van der Waals surface area contributed by atoms with Crippen molar-refractivity contribution in [3.05, 3.63) is 64.1 Å². The molecule has 6 heteroatoms. The fourth-order valence-electron chi connectivity index (χ4n) is 1.79. The maximum Gasteiger partial charge on any atom is 0.315 e. The van der Waals surface area contributed by atoms with Crippen molar-refractivity contribution in [2.24, 2.45) is 0 Å². The molecule has 0 bridgehead atoms. The van der Waals surface area contributed by atoms with Crippen molar-refractivity contribution in [1.82, 2.24) is 15.6 Å². The summed E-state index contributed by atoms with van der Waals surface area (Å²) in [4.78, 5) is 15.5. The molecule has 110 valence electrons. The van der Waals surface area contributed by atoms with E-state index < -0.39 is 0 Å². The molecule has 2 aromatic rings. The topological polar surface area (TPSA) is 54.0 Å². The standard InChI is InChI=1S/C15H15BrFN3O/c16-13-1-2-14(17)12(9-13)5-8-19-15(21)20-10-11-3-6-18-7-4-11/h1-4,6-7,9H,5,8,10H2,(H2,19,20,21). The Morgan fingerprint density at radius 1 is 1.19 bits per heavy atom. The highest BCUT2D eigenvalue weighted by molar-refractivity contribution is 9.10. The summed E-state index contributed by atoms with van der Waals surface area (Å²) in [6.07, 6.45) is 3.78. The second kappa shape index (κ2) is 7.73. The highest BCUT2D eigenvalue weighted by Gasteiger charge is 2.04. The third kappa shape index (κ3) is 5.15. The Labute approximate surface area is 130 Å². The Balaban J connectivity index is 1.73. The van der Waals surface area contributed by atoms with E-state index in [1.54, 1.807) is 24.5 Å². The molecular weight excluding hydrogens is 337 g/mol. The predicted molar refractivity (Wildman–Crippen MR) is 82.3 cm³/mol. The van der Waals surface area contributed by atoms with Gasteiger partial charge in [0.15, 0.2) is 0 Å². The van der Waals surface area contributed by atoms with Crippen LogP contribution >= 0.6 is 15.9 Å². The number of pyridine rings is 1. The van der Waals surface area contributed by atoms with Crippen LogP contribution in [0.5, 0.6) is 0 Å². The molecule has 0 unspecified atom stereocenters. The number of nitrogens with one attached hydrogen (secondary N) is 2. The zero-order chi connectivity index (χ0) is 15.1. The molecule has 2 rings (SSSR count). The fraction of sp³-hybridized carbons (Fsp3) is 0.200. The van der Waals surface area contributed by atoms with Gasteiger partial charge in [-0.2, -0.15) is 0 Å². The number of nitrogens with zero attached hydrogens (tertiary/aromatic N) is 1. The van der Waals surface area contributed by atoms with E-state index in [2.05, 4.69) is 31.5 Å². The number of halogens is 2. The molecule has 21 heavy (non-hydrogen) atoms. The average Bonchev–Trinajstić information content (AvgIpc) is 2.50. The number of carbonyl (C=O) groups excluding carboxylic acids is 1. The lowest BCUT2D eigenvalue weighted by molar-refractivity contribution is 0.240. The smallest absolute Gasteiger partial charge is 0.315 e. The molecule has 0 aliphatic heterocycles. The van der Waals surface area contributed by atoms with E-state index in [1.807, 2.05) is 12.1 Å². The first kappa shape index (κ1) is 15.4. The van der Waals surface area contributed by atoms with E-state index in [4.69, 9.17) is 0 Å². The van der Waals surface area contributed by atoms with Gasteiger partial charge in [0.2, 0.25) is 0 Å². The van der Waals surface area contributed by atoms with Crippen LogP contribution in [0.4, 0.5) is 9.18 Å². The van der Waals surface area contributed by atoms with Crippen LogP contribution in [0, 0.1) is 5.82 Å². The first-order valence-corrected chi connectivity index (χ1v) is 7.29. The molecule has 2 amide bonds. The van der Waals surface area contributed by atoms with Crippen molar-refractivity contribution in [2.75, 3.05) is 6.54 Å². The summed E-state index contributed by atoms with van der Waals surface area (Å²) in [7, 11) is 0. The van der Waals surface area contributed by atoms with Crippen LogP contribution in [0.1, 0.15) is 11.1 Å². The number of carbonyl (C=O) groups is 1. The monoisotopic (exact) mass is 351 g/mol. The molecular formula is C15H15BrFN3O. The molecule has 0 spiro atoms. The number of hydrogen-bond donors (Lipinski definition) is 2. The second-order valence-corrected chi connectivity index (χ2v) is 5.37. The van der Waals surface area contributed by atoms with Gasteiger partial charge in [0, 0.05) is 30.0 Å². The van der Waals surface area contributed by atoms with Gasteiger partial charge in [0.25, 0.3) is 0 Å². The Bertz CT molecular complexity index is 607. The van der Waals surface area contributed by atoms with Crippen LogP contribution in [-0.4, -0.2) is 17.6 Å². The first-order valence-electron chi connectivity index (χ1n) is 6.49. The SMILES string of the molecule is O=C(NCCc1cc(Br)ccc1F)NCc1ccncc1. The minimum atomic E-state index is -0.276. The lowest BCUT2D eigenvalue weighted by atomic mass is 10.1. The summed E-state index contributed by atoms with van der Waals surface area (Å²) in [5, 5.41) is 5.43. The molecule has 0 saturated carbocycles. The van der Waals surface area contributed by atoms with Gasteiger partial charge in [0.05, 0.1) is 0 Å². The molecule has 0 radical (unpaired) electrons. The van der Waals surface area contributed by atoms with Gasteiger partial charge in [-0.15, -0.1) is 0 Å². The molecule has 0 aliphatic rings. The molecule has 1 heterocycles. The average molecular weight is 352 g/mol. The minimum absolute atomic E-state index is 0.266. The van der Waals surface area contributed by atoms with Crippen LogP contribution in [-0.2, 0) is 13.0 Å². The third-order valence-electron chi connectivity index (χ3n) is 2.89. The van der Waals surface area contributed by atoms with Crippen molar-refractivity contribution in [3.8, 4) is 0 Å². The maximum atomic E-state index is 13.5. The van der Waals surface area contributed by atoms with E-state index in [-0.39, 0.29) is 11.8 Å². The molecule has 0 fully saturated rings. The summed E-state index contributed by atoms with van der Waals surface area (Å²) < 4.78 is 14.3. The van der Waals surface area contributed by atoms with Crippen molar-refractivity contribution in [2.45, 2.75) is 13.0 Å². The van der Waals surface area contributed by atoms with Crippen LogP contribution in [0.25, 0.3) is 0 Å². The zero-order valence-corrected chi connectivity index (χ0v) is 12.9. The molecule has 1 aromatic carbocycles. The van der Waals surface area contributed by atoms with Gasteiger partial charge in [-0.1, -0.05) is 15.9 Å². The summed E-state index contributed by atoms with van der Waals surface area (Å²) >= 11 is 3.30. The van der Waals surface area contributed by atoms with Gasteiger partial charge in [0.1, 0.15) is 5.82 Å². The summed E-state index contributed by atoms with van der Waals surface area (Å²) in [5.41, 5.74) is 1.54. The zero-order valence-electron chi connectivity index (χ0n) is 11.3. The van der Waals surface area contributed by atoms with E-state index in [9.17, 15) is 9.18 Å². The van der Waals surface area contributed by atoms with Crippen LogP contribution in [0.15, 0.2) is 47.2 Å². The van der Waals surface area contributed by atoms with Crippen LogP contribution in [0.2, 0.25) is 0 Å². The fourth-order valence-corrected chi connectivity index (χ4v) is 2.20. The van der Waals surface area contributed by atoms with Crippen molar-refractivity contribution >= 4 is 22.0 Å². The molecule has 1 aromatic heterocycles. The van der Waals surface area contributed by atoms with E-state index in [0.717, 1.165) is 10.0 Å². The number of benzene rings is 1. The number of urea groups is 1. The summed E-state index contributed by atoms with van der Waals surface area (Å²) in [6.45, 7) is 0.801. The summed E-state index contributed by atoms with van der Waals surface area (Å²) in [5.74, 6) is -0.266. The van der Waals surface area contributed by atoms with Crippen LogP contribution < -0.4 is 10.6 Å². The Morgan fingerprint density at radius 3 is 2.71 bits per heavy atom. The quantitative estimate of drug-likeness (QED) is 0.869. The number of aromatic nitrogens is 1. The van der Waals surface area contributed by atoms with Gasteiger partial charge in [-0.25, -0.2) is 9.18 Å². The Kier molecular flexibility index (Phi) is 5.68. The summed E-state index contributed by atoms with van der Waals surface area (Å²) in [6, 6.07) is 8.15. The maximum absolute atomic E-state index is 13.5. The number of rotatable bonds is 5. The van der Waals surface area contributed by atoms with Gasteiger partial charge < -0.3 is 10.6 Å². The third-order valence-corrected chi connectivity index (χ3v) is 3.38. The van der Waals surface area contributed by atoms with Crippen molar-refractivity contribution in [1.29, 1.82) is 0 Å². The normalized spacial score (nSPS) is 10.2. The number of hydrogen-bond acceptors (Lipinski definition) is 2. The van der Waals surface area contributed by atoms with Crippen LogP contribution in [0.3, 0.4) is 0 Å². The minimum Gasteiger partial charge on any atom is -0.338 e. The highest BCUT2D eigenvalue weighted by atomic mass is 79.9. The second-order valence-electron chi connectivity index (χ2n) is 4.45. The van der Waals surface area contributed by atoms with E-state index >= 15 is 0 Å². The van der Waals surface area contributed by atoms with Crippen molar-refractivity contribution < 1.29 is 9.18 Å². The Morgan fingerprint density at radius 2 is 1.95 bits per heavy atom. The van der Waals surface area contributed by atoms with E-state index in [1.165, 1.54) is 6.07 Å². The molecule has 0 atom stereocenters. The lowest BCUT2D eigenvalue weighted by Crippen LogP contribution is -2.36. The van der Waals surface area contributed by atoms with Gasteiger partial charge in [-0.3, -0.25) is 4.98 Å². The molecule has 4 nitrogen and oxygen atoms in total. The Hall–Kier alpha value is -1.95. The lowest BCUT2D eigenvalue weighted by Gasteiger charge is -2.08. The van der Waals surface area contributed by atoms with Gasteiger partial charge in [-0.05, 0) is 47.9 Å². The predicted octanol–water partition coefficient (Wildman–Crippen LogP) is 3.03. The van der Waals surface area contributed by atoms with E-state index in [0.29, 0.717) is 25.1 Å². The van der Waals surface area contributed by atoms with Crippen molar-refractivity contribution in [3.63, 3.8) is 0 Å². The first-order chi connectivity index (χ1) is 10.1. The molecule has 2 N–H and O–H groups in total.